The molecule has 1 aliphatic rings. The van der Waals surface area contributed by atoms with Crippen molar-refractivity contribution in [2.24, 2.45) is 0 Å². The highest BCUT2D eigenvalue weighted by molar-refractivity contribution is 7.10. The molecule has 1 amide bonds. The van der Waals surface area contributed by atoms with Gasteiger partial charge in [0.15, 0.2) is 0 Å². The van der Waals surface area contributed by atoms with E-state index in [4.69, 9.17) is 5.73 Å². The van der Waals surface area contributed by atoms with Crippen LogP contribution in [0.3, 0.4) is 0 Å². The molecule has 0 aromatic carbocycles. The molecule has 1 aliphatic heterocycles. The quantitative estimate of drug-likeness (QED) is 0.800. The standard InChI is InChI=1S/C13H21N3OS/c14-11-5-9-18-12(11)10-15-6-4-13(17)16-7-2-1-3-8-16/h5,9,15H,1-4,6-8,10,14H2. The molecule has 1 aromatic rings. The first kappa shape index (κ1) is 13.4. The van der Waals surface area contributed by atoms with E-state index in [1.807, 2.05) is 16.3 Å². The predicted molar refractivity (Wildman–Crippen MR) is 75.5 cm³/mol. The van der Waals surface area contributed by atoms with Crippen LogP contribution < -0.4 is 11.1 Å². The third kappa shape index (κ3) is 3.71. The maximum Gasteiger partial charge on any atom is 0.223 e. The van der Waals surface area contributed by atoms with Crippen LogP contribution in [0.1, 0.15) is 30.6 Å². The smallest absolute Gasteiger partial charge is 0.223 e. The van der Waals surface area contributed by atoms with Gasteiger partial charge in [-0.2, -0.15) is 0 Å². The number of carbonyl (C=O) groups is 1. The Balaban J connectivity index is 1.63. The van der Waals surface area contributed by atoms with Crippen LogP contribution in [0.15, 0.2) is 11.4 Å². The second-order valence-electron chi connectivity index (χ2n) is 4.67. The summed E-state index contributed by atoms with van der Waals surface area (Å²) in [5.74, 6) is 0.279. The van der Waals surface area contributed by atoms with E-state index in [0.29, 0.717) is 6.42 Å². The average Bonchev–Trinajstić information content (AvgIpc) is 2.81. The Morgan fingerprint density at radius 2 is 2.17 bits per heavy atom. The number of hydrogen-bond donors (Lipinski definition) is 2. The lowest BCUT2D eigenvalue weighted by Gasteiger charge is -2.26. The minimum atomic E-state index is 0.279. The largest absolute Gasteiger partial charge is 0.398 e. The highest BCUT2D eigenvalue weighted by Crippen LogP contribution is 2.18. The summed E-state index contributed by atoms with van der Waals surface area (Å²) in [6.45, 7) is 3.37. The molecule has 100 valence electrons. The Kier molecular flexibility index (Phi) is 5.01. The molecular weight excluding hydrogens is 246 g/mol. The van der Waals surface area contributed by atoms with Gasteiger partial charge in [-0.1, -0.05) is 0 Å². The number of nitrogens with two attached hydrogens (primary N) is 1. The molecule has 0 aliphatic carbocycles. The van der Waals surface area contributed by atoms with Gasteiger partial charge in [0.05, 0.1) is 0 Å². The lowest BCUT2D eigenvalue weighted by atomic mass is 10.1. The molecule has 1 aromatic heterocycles. The second kappa shape index (κ2) is 6.75. The summed E-state index contributed by atoms with van der Waals surface area (Å²) in [6.07, 6.45) is 4.17. The molecule has 3 N–H and O–H groups in total. The van der Waals surface area contributed by atoms with E-state index < -0.39 is 0 Å². The molecule has 1 saturated heterocycles. The maximum absolute atomic E-state index is 11.9. The van der Waals surface area contributed by atoms with Crippen LogP contribution >= 0.6 is 11.3 Å². The number of amides is 1. The van der Waals surface area contributed by atoms with E-state index >= 15 is 0 Å². The molecule has 18 heavy (non-hydrogen) atoms. The topological polar surface area (TPSA) is 58.4 Å². The number of nitrogens with one attached hydrogen (secondary N) is 1. The molecule has 1 fully saturated rings. The van der Waals surface area contributed by atoms with Crippen LogP contribution in [0.2, 0.25) is 0 Å². The van der Waals surface area contributed by atoms with Crippen LogP contribution in [0.25, 0.3) is 0 Å². The van der Waals surface area contributed by atoms with Crippen LogP contribution in [0.5, 0.6) is 0 Å². The van der Waals surface area contributed by atoms with Crippen molar-refractivity contribution in [1.82, 2.24) is 10.2 Å². The van der Waals surface area contributed by atoms with Gasteiger partial charge in [0.1, 0.15) is 0 Å². The minimum Gasteiger partial charge on any atom is -0.398 e. The fraction of sp³-hybridized carbons (Fsp3) is 0.615. The Hall–Kier alpha value is -1.07. The van der Waals surface area contributed by atoms with E-state index in [0.717, 1.165) is 49.6 Å². The number of hydrogen-bond acceptors (Lipinski definition) is 4. The molecule has 0 spiro atoms. The average molecular weight is 267 g/mol. The van der Waals surface area contributed by atoms with Crippen molar-refractivity contribution >= 4 is 22.9 Å². The second-order valence-corrected chi connectivity index (χ2v) is 5.67. The van der Waals surface area contributed by atoms with Crippen molar-refractivity contribution < 1.29 is 4.79 Å². The third-order valence-corrected chi connectivity index (χ3v) is 4.23. The lowest BCUT2D eigenvalue weighted by molar-refractivity contribution is -0.131. The number of nitrogens with zero attached hydrogens (tertiary/aromatic N) is 1. The predicted octanol–water partition coefficient (Wildman–Crippen LogP) is 1.82. The Bertz CT molecular complexity index is 385. The van der Waals surface area contributed by atoms with E-state index in [1.165, 1.54) is 6.42 Å². The van der Waals surface area contributed by atoms with Crippen LogP contribution in [0, 0.1) is 0 Å². The normalized spacial score (nSPS) is 15.9. The van der Waals surface area contributed by atoms with Gasteiger partial charge in [0.25, 0.3) is 0 Å². The first-order valence-electron chi connectivity index (χ1n) is 6.57. The molecular formula is C13H21N3OS. The van der Waals surface area contributed by atoms with Gasteiger partial charge in [-0.3, -0.25) is 4.79 Å². The van der Waals surface area contributed by atoms with Gasteiger partial charge in [0, 0.05) is 43.2 Å². The summed E-state index contributed by atoms with van der Waals surface area (Å²) in [4.78, 5) is 15.0. The monoisotopic (exact) mass is 267 g/mol. The number of nitrogen functional groups attached to an aromatic ring is 1. The van der Waals surface area contributed by atoms with Gasteiger partial charge in [-0.25, -0.2) is 0 Å². The van der Waals surface area contributed by atoms with Crippen molar-refractivity contribution in [3.8, 4) is 0 Å². The first-order chi connectivity index (χ1) is 8.77. The Labute approximate surface area is 112 Å². The van der Waals surface area contributed by atoms with E-state index in [2.05, 4.69) is 5.32 Å². The Morgan fingerprint density at radius 3 is 2.83 bits per heavy atom. The zero-order chi connectivity index (χ0) is 12.8. The molecule has 0 atom stereocenters. The minimum absolute atomic E-state index is 0.279. The number of piperidine rings is 1. The molecule has 0 unspecified atom stereocenters. The van der Waals surface area contributed by atoms with Crippen molar-refractivity contribution in [3.63, 3.8) is 0 Å². The molecule has 4 nitrogen and oxygen atoms in total. The molecule has 0 radical (unpaired) electrons. The number of carbonyl (C=O) groups excluding carboxylic acids is 1. The van der Waals surface area contributed by atoms with Gasteiger partial charge < -0.3 is 16.0 Å². The van der Waals surface area contributed by atoms with Crippen molar-refractivity contribution in [2.75, 3.05) is 25.4 Å². The van der Waals surface area contributed by atoms with E-state index in [-0.39, 0.29) is 5.91 Å². The van der Waals surface area contributed by atoms with Crippen molar-refractivity contribution in [2.45, 2.75) is 32.2 Å². The fourth-order valence-corrected chi connectivity index (χ4v) is 2.96. The van der Waals surface area contributed by atoms with Gasteiger partial charge in [-0.15, -0.1) is 11.3 Å². The van der Waals surface area contributed by atoms with E-state index in [9.17, 15) is 4.79 Å². The molecule has 0 bridgehead atoms. The third-order valence-electron chi connectivity index (χ3n) is 3.29. The number of rotatable bonds is 5. The van der Waals surface area contributed by atoms with Crippen LogP contribution in [-0.4, -0.2) is 30.4 Å². The van der Waals surface area contributed by atoms with E-state index in [1.54, 1.807) is 11.3 Å². The summed E-state index contributed by atoms with van der Waals surface area (Å²) >= 11 is 1.65. The van der Waals surface area contributed by atoms with Gasteiger partial charge in [-0.05, 0) is 30.7 Å². The number of anilines is 1. The fourth-order valence-electron chi connectivity index (χ4n) is 2.19. The maximum atomic E-state index is 11.9. The van der Waals surface area contributed by atoms with Crippen LogP contribution in [0.4, 0.5) is 5.69 Å². The molecule has 5 heteroatoms. The summed E-state index contributed by atoms with van der Waals surface area (Å²) in [5, 5.41) is 5.27. The lowest BCUT2D eigenvalue weighted by Crippen LogP contribution is -2.37. The summed E-state index contributed by atoms with van der Waals surface area (Å²) < 4.78 is 0. The van der Waals surface area contributed by atoms with Crippen molar-refractivity contribution in [3.05, 3.63) is 16.3 Å². The van der Waals surface area contributed by atoms with Gasteiger partial charge in [0.2, 0.25) is 5.91 Å². The zero-order valence-electron chi connectivity index (χ0n) is 10.7. The summed E-state index contributed by atoms with van der Waals surface area (Å²) in [7, 11) is 0. The first-order valence-corrected chi connectivity index (χ1v) is 7.45. The molecule has 2 heterocycles. The summed E-state index contributed by atoms with van der Waals surface area (Å²) in [5.41, 5.74) is 6.64. The SMILES string of the molecule is Nc1ccsc1CNCCC(=O)N1CCCCC1. The number of likely N-dealkylation sites (tertiary alicyclic amines) is 1. The highest BCUT2D eigenvalue weighted by atomic mass is 32.1. The molecule has 2 rings (SSSR count). The van der Waals surface area contributed by atoms with Crippen molar-refractivity contribution in [1.29, 1.82) is 0 Å². The number of thiophene rings is 1. The van der Waals surface area contributed by atoms with Gasteiger partial charge >= 0.3 is 0 Å². The van der Waals surface area contributed by atoms with Crippen LogP contribution in [-0.2, 0) is 11.3 Å². The molecule has 0 saturated carbocycles. The highest BCUT2D eigenvalue weighted by Gasteiger charge is 2.15. The Morgan fingerprint density at radius 1 is 1.39 bits per heavy atom. The summed E-state index contributed by atoms with van der Waals surface area (Å²) in [6, 6.07) is 1.92. The zero-order valence-corrected chi connectivity index (χ0v) is 11.5.